The summed E-state index contributed by atoms with van der Waals surface area (Å²) in [6.45, 7) is 5.18. The lowest BCUT2D eigenvalue weighted by Gasteiger charge is -2.34. The van der Waals surface area contributed by atoms with Crippen molar-refractivity contribution < 1.29 is 14.4 Å². The lowest BCUT2D eigenvalue weighted by molar-refractivity contribution is -0.892. The number of hydrogen-bond donors (Lipinski definition) is 2. The summed E-state index contributed by atoms with van der Waals surface area (Å²) in [6.07, 6.45) is 0. The Morgan fingerprint density at radius 2 is 1.66 bits per heavy atom. The number of methoxy groups -OCH3 is 1. The molecule has 0 saturated carbocycles. The number of nitrogens with zero attached hydrogens (tertiary/aromatic N) is 3. The third-order valence-electron chi connectivity index (χ3n) is 6.55. The normalized spacial score (nSPS) is 14.2. The van der Waals surface area contributed by atoms with Crippen molar-refractivity contribution in [1.82, 2.24) is 9.13 Å². The second kappa shape index (κ2) is 10.6. The molecule has 1 aliphatic rings. The predicted molar refractivity (Wildman–Crippen MR) is 136 cm³/mol. The number of ether oxygens (including phenoxy) is 1. The molecule has 1 aromatic heterocycles. The minimum atomic E-state index is -0.614. The molecule has 9 heteroatoms. The van der Waals surface area contributed by atoms with Gasteiger partial charge in [0.2, 0.25) is 5.78 Å². The Balaban J connectivity index is 1.54. The van der Waals surface area contributed by atoms with E-state index in [0.29, 0.717) is 0 Å². The third-order valence-corrected chi connectivity index (χ3v) is 6.55. The minimum Gasteiger partial charge on any atom is -0.495 e. The van der Waals surface area contributed by atoms with Crippen LogP contribution in [0.1, 0.15) is 22.8 Å². The van der Waals surface area contributed by atoms with Crippen molar-refractivity contribution in [1.29, 1.82) is 0 Å². The van der Waals surface area contributed by atoms with Crippen LogP contribution in [0.5, 0.6) is 5.75 Å². The largest absolute Gasteiger partial charge is 0.495 e. The van der Waals surface area contributed by atoms with Gasteiger partial charge in [-0.2, -0.15) is 0 Å². The number of carbonyl (C=O) groups is 1. The first-order chi connectivity index (χ1) is 16.9. The Morgan fingerprint density at radius 3 is 2.31 bits per heavy atom. The maximum absolute atomic E-state index is 13.3. The number of Topliss-reactive ketones (excluding diaryl/α,β-unsaturated/α-hetero) is 1. The Morgan fingerprint density at radius 1 is 1.00 bits per heavy atom. The van der Waals surface area contributed by atoms with E-state index in [2.05, 4.69) is 4.90 Å². The van der Waals surface area contributed by atoms with Gasteiger partial charge in [-0.25, -0.2) is 4.79 Å². The number of aromatic nitrogens is 2. The number of anilines is 2. The molecule has 2 heterocycles. The molecule has 3 aromatic rings. The number of rotatable bonds is 8. The second-order valence-electron chi connectivity index (χ2n) is 8.67. The zero-order valence-corrected chi connectivity index (χ0v) is 20.2. The molecule has 3 N–H and O–H groups in total. The molecule has 0 bridgehead atoms. The summed E-state index contributed by atoms with van der Waals surface area (Å²) < 4.78 is 7.88. The molecule has 0 amide bonds. The fourth-order valence-corrected chi connectivity index (χ4v) is 4.62. The van der Waals surface area contributed by atoms with Crippen LogP contribution >= 0.6 is 0 Å². The summed E-state index contributed by atoms with van der Waals surface area (Å²) in [7, 11) is 1.66. The van der Waals surface area contributed by atoms with Crippen LogP contribution in [0.4, 0.5) is 11.5 Å². The van der Waals surface area contributed by atoms with Crippen LogP contribution in [0.25, 0.3) is 0 Å². The van der Waals surface area contributed by atoms with Crippen LogP contribution in [0.3, 0.4) is 0 Å². The molecule has 0 radical (unpaired) electrons. The van der Waals surface area contributed by atoms with Gasteiger partial charge in [0.25, 0.3) is 5.56 Å². The van der Waals surface area contributed by atoms with E-state index in [4.69, 9.17) is 10.5 Å². The second-order valence-corrected chi connectivity index (χ2v) is 8.67. The van der Waals surface area contributed by atoms with Gasteiger partial charge >= 0.3 is 5.69 Å². The van der Waals surface area contributed by atoms with Gasteiger partial charge in [-0.3, -0.25) is 18.7 Å². The Labute approximate surface area is 204 Å². The van der Waals surface area contributed by atoms with Crippen molar-refractivity contribution in [3.63, 3.8) is 0 Å². The van der Waals surface area contributed by atoms with E-state index in [1.165, 1.54) is 4.57 Å². The fraction of sp³-hybridized carbons (Fsp3) is 0.346. The van der Waals surface area contributed by atoms with Crippen LogP contribution in [0, 0.1) is 0 Å². The third kappa shape index (κ3) is 5.00. The summed E-state index contributed by atoms with van der Waals surface area (Å²) in [5.41, 5.74) is 6.96. The van der Waals surface area contributed by atoms with Gasteiger partial charge in [-0.1, -0.05) is 42.5 Å². The number of nitrogen functional groups attached to an aromatic ring is 1. The van der Waals surface area contributed by atoms with E-state index in [-0.39, 0.29) is 36.8 Å². The number of nitrogens with one attached hydrogen (secondary N) is 1. The summed E-state index contributed by atoms with van der Waals surface area (Å²) in [6, 6.07) is 17.2. The van der Waals surface area contributed by atoms with Crippen molar-refractivity contribution in [2.24, 2.45) is 0 Å². The summed E-state index contributed by atoms with van der Waals surface area (Å²) >= 11 is 0. The SMILES string of the molecule is CCn1c(=O)c(C(=O)C[NH+]2CCN(c3ccccc3OC)CC2)c(N)n(Cc2ccccc2)c1=O. The molecular weight excluding hydrogens is 446 g/mol. The molecule has 0 spiro atoms. The Bertz CT molecular complexity index is 1310. The van der Waals surface area contributed by atoms with Crippen LogP contribution in [0.15, 0.2) is 64.2 Å². The average Bonchev–Trinajstić information content (AvgIpc) is 2.88. The Hall–Kier alpha value is -3.85. The van der Waals surface area contributed by atoms with Gasteiger partial charge in [0.1, 0.15) is 23.7 Å². The first kappa shape index (κ1) is 24.3. The van der Waals surface area contributed by atoms with Crippen molar-refractivity contribution in [2.45, 2.75) is 20.0 Å². The maximum Gasteiger partial charge on any atom is 0.332 e. The van der Waals surface area contributed by atoms with E-state index in [9.17, 15) is 14.4 Å². The number of benzene rings is 2. The van der Waals surface area contributed by atoms with Crippen LogP contribution < -0.4 is 31.5 Å². The van der Waals surface area contributed by atoms with Gasteiger partial charge < -0.3 is 20.3 Å². The number of para-hydroxylation sites is 2. The molecule has 0 aliphatic carbocycles. The van der Waals surface area contributed by atoms with Gasteiger partial charge in [0, 0.05) is 6.54 Å². The van der Waals surface area contributed by atoms with Crippen LogP contribution in [-0.2, 0) is 13.1 Å². The van der Waals surface area contributed by atoms with Gasteiger partial charge in [0.15, 0.2) is 0 Å². The van der Waals surface area contributed by atoms with E-state index < -0.39 is 11.2 Å². The molecule has 1 fully saturated rings. The summed E-state index contributed by atoms with van der Waals surface area (Å²) in [5, 5.41) is 0. The smallest absolute Gasteiger partial charge is 0.332 e. The van der Waals surface area contributed by atoms with E-state index >= 15 is 0 Å². The first-order valence-electron chi connectivity index (χ1n) is 11.9. The maximum atomic E-state index is 13.3. The molecule has 2 aromatic carbocycles. The molecule has 1 aliphatic heterocycles. The quantitative estimate of drug-likeness (QED) is 0.450. The lowest BCUT2D eigenvalue weighted by atomic mass is 10.1. The average molecular weight is 479 g/mol. The Kier molecular flexibility index (Phi) is 7.36. The van der Waals surface area contributed by atoms with E-state index in [0.717, 1.165) is 52.6 Å². The zero-order chi connectivity index (χ0) is 24.9. The molecule has 0 unspecified atom stereocenters. The number of ketones is 1. The van der Waals surface area contributed by atoms with Crippen molar-refractivity contribution >= 4 is 17.3 Å². The number of carbonyl (C=O) groups excluding carboxylic acids is 1. The highest BCUT2D eigenvalue weighted by Crippen LogP contribution is 2.27. The standard InChI is InChI=1S/C26H31N5O4/c1-3-30-25(33)23(24(27)31(26(30)34)17-19-9-5-4-6-10-19)21(32)18-28-13-15-29(16-14-28)20-11-7-8-12-22(20)35-2/h4-12H,3,13-18,27H2,1-2H3/p+1. The van der Waals surface area contributed by atoms with E-state index in [1.54, 1.807) is 14.0 Å². The summed E-state index contributed by atoms with van der Waals surface area (Å²) in [4.78, 5) is 42.6. The van der Waals surface area contributed by atoms with Gasteiger partial charge in [0.05, 0.1) is 45.5 Å². The first-order valence-corrected chi connectivity index (χ1v) is 11.9. The zero-order valence-electron chi connectivity index (χ0n) is 20.2. The number of nitrogens with two attached hydrogens (primary N) is 1. The molecule has 35 heavy (non-hydrogen) atoms. The highest BCUT2D eigenvalue weighted by molar-refractivity contribution is 6.00. The fourth-order valence-electron chi connectivity index (χ4n) is 4.62. The van der Waals surface area contributed by atoms with Crippen LogP contribution in [-0.4, -0.2) is 54.8 Å². The summed E-state index contributed by atoms with van der Waals surface area (Å²) in [5.74, 6) is 0.420. The molecule has 1 saturated heterocycles. The predicted octanol–water partition coefficient (Wildman–Crippen LogP) is 0.257. The number of piperazine rings is 1. The topological polar surface area (TPSA) is 104 Å². The number of hydrogen-bond acceptors (Lipinski definition) is 6. The van der Waals surface area contributed by atoms with Crippen LogP contribution in [0.2, 0.25) is 0 Å². The minimum absolute atomic E-state index is 0.0642. The molecular formula is C26H32N5O4+. The lowest BCUT2D eigenvalue weighted by Crippen LogP contribution is -3.15. The molecule has 9 nitrogen and oxygen atoms in total. The highest BCUT2D eigenvalue weighted by Gasteiger charge is 2.28. The molecule has 4 rings (SSSR count). The molecule has 184 valence electrons. The monoisotopic (exact) mass is 478 g/mol. The number of quaternary nitrogens is 1. The van der Waals surface area contributed by atoms with Crippen molar-refractivity contribution in [3.8, 4) is 5.75 Å². The van der Waals surface area contributed by atoms with Gasteiger partial charge in [-0.05, 0) is 24.6 Å². The van der Waals surface area contributed by atoms with Crippen molar-refractivity contribution in [2.75, 3.05) is 50.5 Å². The molecule has 0 atom stereocenters. The van der Waals surface area contributed by atoms with Gasteiger partial charge in [-0.15, -0.1) is 0 Å². The highest BCUT2D eigenvalue weighted by atomic mass is 16.5. The van der Waals surface area contributed by atoms with E-state index in [1.807, 2.05) is 54.6 Å². The van der Waals surface area contributed by atoms with Crippen molar-refractivity contribution in [3.05, 3.63) is 86.6 Å².